The number of halogens is 6. The van der Waals surface area contributed by atoms with E-state index in [1.54, 1.807) is 9.80 Å². The van der Waals surface area contributed by atoms with Crippen molar-refractivity contribution in [2.75, 3.05) is 31.1 Å². The predicted molar refractivity (Wildman–Crippen MR) is 116 cm³/mol. The van der Waals surface area contributed by atoms with Gasteiger partial charge in [0, 0.05) is 44.5 Å². The Hall–Kier alpha value is -3.30. The van der Waals surface area contributed by atoms with Gasteiger partial charge in [-0.05, 0) is 19.8 Å². The molecule has 0 saturated carbocycles. The fourth-order valence-electron chi connectivity index (χ4n) is 4.51. The number of carbonyl (C=O) groups excluding carboxylic acids is 2. The molecule has 3 atom stereocenters. The summed E-state index contributed by atoms with van der Waals surface area (Å²) in [6, 6.07) is -0.105. The molecule has 4 heterocycles. The molecule has 3 aliphatic heterocycles. The van der Waals surface area contributed by atoms with E-state index < -0.39 is 47.7 Å². The summed E-state index contributed by atoms with van der Waals surface area (Å²) >= 11 is 0. The number of hydrogen-bond acceptors (Lipinski definition) is 8. The monoisotopic (exact) mass is 550 g/mol. The number of alkyl halides is 6. The standard InChI is InChI=1S/C22H24F6N6O4/c1-12(38-16-10-31-32-18(35)17(16)22(26,27)28)11-37-15-4-7-34(19(15)36)14-2-5-33(6-3-14)20-29-8-13(9-30-20)21(23,24)25/h8-10,12,14-15,17H,2-7,11H2,1H3/t12-,15+,17?/m0/s1. The van der Waals surface area contributed by atoms with E-state index in [4.69, 9.17) is 9.47 Å². The molecule has 3 aliphatic rings. The molecule has 0 spiro atoms. The van der Waals surface area contributed by atoms with Crippen molar-refractivity contribution in [1.82, 2.24) is 14.9 Å². The first-order valence-corrected chi connectivity index (χ1v) is 11.8. The maximum absolute atomic E-state index is 13.2. The number of rotatable bonds is 7. The van der Waals surface area contributed by atoms with Gasteiger partial charge in [-0.2, -0.15) is 31.5 Å². The minimum atomic E-state index is -4.89. The van der Waals surface area contributed by atoms with Crippen molar-refractivity contribution in [2.24, 2.45) is 16.1 Å². The average molecular weight is 550 g/mol. The summed E-state index contributed by atoms with van der Waals surface area (Å²) in [5.74, 6) is -4.76. The minimum absolute atomic E-state index is 0.105. The van der Waals surface area contributed by atoms with Crippen LogP contribution in [0.2, 0.25) is 0 Å². The largest absolute Gasteiger partial charge is 0.490 e. The zero-order valence-electron chi connectivity index (χ0n) is 20.1. The van der Waals surface area contributed by atoms with Gasteiger partial charge in [0.05, 0.1) is 18.4 Å². The maximum atomic E-state index is 13.2. The highest BCUT2D eigenvalue weighted by molar-refractivity contribution is 5.83. The molecule has 0 aromatic carbocycles. The van der Waals surface area contributed by atoms with Crippen LogP contribution in [0, 0.1) is 5.92 Å². The third-order valence-corrected chi connectivity index (χ3v) is 6.41. The highest BCUT2D eigenvalue weighted by Crippen LogP contribution is 2.36. The lowest BCUT2D eigenvalue weighted by Gasteiger charge is -2.36. The number of ether oxygens (including phenoxy) is 2. The SMILES string of the molecule is C[C@@H](CO[C@@H]1CCN(C2CCN(c3ncc(C(F)(F)F)cn3)CC2)C1=O)OC1=CN=NC(=O)C1C(F)(F)F. The first-order valence-electron chi connectivity index (χ1n) is 11.8. The summed E-state index contributed by atoms with van der Waals surface area (Å²) in [6.07, 6.45) is -7.40. The van der Waals surface area contributed by atoms with Crippen molar-refractivity contribution in [3.05, 3.63) is 29.9 Å². The van der Waals surface area contributed by atoms with Gasteiger partial charge >= 0.3 is 12.4 Å². The highest BCUT2D eigenvalue weighted by atomic mass is 19.4. The Labute approximate surface area is 212 Å². The summed E-state index contributed by atoms with van der Waals surface area (Å²) in [5.41, 5.74) is -0.931. The van der Waals surface area contributed by atoms with Gasteiger partial charge in [-0.1, -0.05) is 0 Å². The fraction of sp³-hybridized carbons (Fsp3) is 0.636. The smallest absolute Gasteiger partial charge is 0.419 e. The van der Waals surface area contributed by atoms with Crippen LogP contribution >= 0.6 is 0 Å². The minimum Gasteiger partial charge on any atom is -0.490 e. The fourth-order valence-corrected chi connectivity index (χ4v) is 4.51. The quantitative estimate of drug-likeness (QED) is 0.478. The molecule has 208 valence electrons. The number of azo groups is 1. The van der Waals surface area contributed by atoms with Gasteiger partial charge in [0.15, 0.2) is 5.92 Å². The van der Waals surface area contributed by atoms with E-state index in [-0.39, 0.29) is 24.5 Å². The molecular formula is C22H24F6N6O4. The van der Waals surface area contributed by atoms with Gasteiger partial charge < -0.3 is 19.3 Å². The summed E-state index contributed by atoms with van der Waals surface area (Å²) in [4.78, 5) is 35.5. The Morgan fingerprint density at radius 2 is 1.68 bits per heavy atom. The number of aromatic nitrogens is 2. The van der Waals surface area contributed by atoms with E-state index in [1.165, 1.54) is 6.92 Å². The van der Waals surface area contributed by atoms with E-state index in [2.05, 4.69) is 20.2 Å². The second kappa shape index (κ2) is 10.8. The number of nitrogens with zero attached hydrogens (tertiary/aromatic N) is 6. The van der Waals surface area contributed by atoms with Crippen molar-refractivity contribution >= 4 is 17.8 Å². The Balaban J connectivity index is 1.25. The number of hydrogen-bond donors (Lipinski definition) is 0. The zero-order valence-corrected chi connectivity index (χ0v) is 20.1. The van der Waals surface area contributed by atoms with Crippen LogP contribution in [-0.4, -0.2) is 77.3 Å². The molecule has 1 aromatic heterocycles. The van der Waals surface area contributed by atoms with Gasteiger partial charge in [0.1, 0.15) is 18.0 Å². The normalized spacial score (nSPS) is 24.1. The van der Waals surface area contributed by atoms with Crippen molar-refractivity contribution in [3.8, 4) is 0 Å². The molecule has 2 amide bonds. The van der Waals surface area contributed by atoms with Crippen molar-refractivity contribution in [1.29, 1.82) is 0 Å². The molecule has 4 rings (SSSR count). The van der Waals surface area contributed by atoms with Crippen molar-refractivity contribution in [2.45, 2.75) is 56.8 Å². The number of amides is 2. The number of carbonyl (C=O) groups is 2. The Morgan fingerprint density at radius 3 is 2.29 bits per heavy atom. The van der Waals surface area contributed by atoms with Crippen LogP contribution in [0.4, 0.5) is 32.3 Å². The lowest BCUT2D eigenvalue weighted by Crippen LogP contribution is -2.47. The topological polar surface area (TPSA) is 110 Å². The lowest BCUT2D eigenvalue weighted by atomic mass is 10.0. The van der Waals surface area contributed by atoms with Crippen molar-refractivity contribution < 1.29 is 45.4 Å². The van der Waals surface area contributed by atoms with Crippen LogP contribution in [0.5, 0.6) is 0 Å². The molecule has 16 heteroatoms. The van der Waals surface area contributed by atoms with Crippen molar-refractivity contribution in [3.63, 3.8) is 0 Å². The molecule has 10 nitrogen and oxygen atoms in total. The second-order valence-electron chi connectivity index (χ2n) is 9.12. The first kappa shape index (κ1) is 27.7. The maximum Gasteiger partial charge on any atom is 0.419 e. The van der Waals surface area contributed by atoms with E-state index in [1.807, 2.05) is 0 Å². The Kier molecular flexibility index (Phi) is 7.90. The van der Waals surface area contributed by atoms with Gasteiger partial charge in [-0.25, -0.2) is 9.97 Å². The van der Waals surface area contributed by atoms with Crippen LogP contribution in [0.15, 0.2) is 34.6 Å². The van der Waals surface area contributed by atoms with E-state index in [9.17, 15) is 35.9 Å². The zero-order chi connectivity index (χ0) is 27.7. The molecule has 38 heavy (non-hydrogen) atoms. The molecule has 1 unspecified atom stereocenters. The molecular weight excluding hydrogens is 526 g/mol. The van der Waals surface area contributed by atoms with E-state index >= 15 is 0 Å². The Bertz CT molecular complexity index is 1090. The summed E-state index contributed by atoms with van der Waals surface area (Å²) in [5, 5.41) is 6.15. The van der Waals surface area contributed by atoms with Crippen LogP contribution in [0.3, 0.4) is 0 Å². The third kappa shape index (κ3) is 6.22. The van der Waals surface area contributed by atoms with Crippen LogP contribution < -0.4 is 4.90 Å². The molecule has 0 aliphatic carbocycles. The molecule has 0 N–H and O–H groups in total. The molecule has 0 radical (unpaired) electrons. The first-order chi connectivity index (χ1) is 17.8. The van der Waals surface area contributed by atoms with E-state index in [0.29, 0.717) is 38.9 Å². The van der Waals surface area contributed by atoms with E-state index in [0.717, 1.165) is 18.6 Å². The summed E-state index contributed by atoms with van der Waals surface area (Å²) in [6.45, 7) is 2.57. The highest BCUT2D eigenvalue weighted by Gasteiger charge is 2.50. The third-order valence-electron chi connectivity index (χ3n) is 6.41. The molecule has 1 aromatic rings. The number of anilines is 1. The number of likely N-dealkylation sites (tertiary alicyclic amines) is 1. The molecule has 0 bridgehead atoms. The number of piperidine rings is 1. The molecule has 2 fully saturated rings. The Morgan fingerprint density at radius 1 is 1.03 bits per heavy atom. The van der Waals surface area contributed by atoms with Gasteiger partial charge in [-0.15, -0.1) is 5.11 Å². The second-order valence-corrected chi connectivity index (χ2v) is 9.12. The lowest BCUT2D eigenvalue weighted by molar-refractivity contribution is -0.183. The summed E-state index contributed by atoms with van der Waals surface area (Å²) < 4.78 is 88.6. The summed E-state index contributed by atoms with van der Waals surface area (Å²) in [7, 11) is 0. The van der Waals surface area contributed by atoms with Gasteiger partial charge in [0.25, 0.3) is 11.8 Å². The van der Waals surface area contributed by atoms with Crippen LogP contribution in [0.25, 0.3) is 0 Å². The van der Waals surface area contributed by atoms with Gasteiger partial charge in [-0.3, -0.25) is 9.59 Å². The average Bonchev–Trinajstić information content (AvgIpc) is 3.21. The predicted octanol–water partition coefficient (Wildman–Crippen LogP) is 3.50. The van der Waals surface area contributed by atoms with Crippen LogP contribution in [-0.2, 0) is 25.2 Å². The molecule has 2 saturated heterocycles. The van der Waals surface area contributed by atoms with Gasteiger partial charge in [0.2, 0.25) is 5.95 Å². The van der Waals surface area contributed by atoms with Crippen LogP contribution in [0.1, 0.15) is 31.7 Å².